The number of hydrogen-bond donors (Lipinski definition) is 4. The number of rotatable bonds is 5. The zero-order chi connectivity index (χ0) is 18.8. The van der Waals surface area contributed by atoms with Crippen molar-refractivity contribution in [1.29, 1.82) is 0 Å². The Balaban J connectivity index is 1.81. The highest BCUT2D eigenvalue weighted by molar-refractivity contribution is 5.36. The van der Waals surface area contributed by atoms with Gasteiger partial charge in [0.1, 0.15) is 24.1 Å². The minimum Gasteiger partial charge on any atom is -0.443 e. The van der Waals surface area contributed by atoms with Crippen LogP contribution in [0.2, 0.25) is 0 Å². The predicted octanol–water partition coefficient (Wildman–Crippen LogP) is 0.604. The maximum atomic E-state index is 13.9. The molecule has 2 aromatic rings. The highest BCUT2D eigenvalue weighted by Crippen LogP contribution is 2.29. The molecule has 1 fully saturated rings. The van der Waals surface area contributed by atoms with Crippen molar-refractivity contribution in [3.05, 3.63) is 46.9 Å². The lowest BCUT2D eigenvalue weighted by Gasteiger charge is -2.38. The predicted molar refractivity (Wildman–Crippen MR) is 85.8 cm³/mol. The first-order chi connectivity index (χ1) is 12.4. The maximum absolute atomic E-state index is 13.9. The number of halogens is 2. The molecule has 26 heavy (non-hydrogen) atoms. The van der Waals surface area contributed by atoms with E-state index in [1.165, 1.54) is 6.07 Å². The van der Waals surface area contributed by atoms with Crippen LogP contribution in [0, 0.1) is 12.7 Å². The number of ether oxygens (including phenoxy) is 2. The summed E-state index contributed by atoms with van der Waals surface area (Å²) in [5.41, 5.74) is 1.57. The number of alkyl halides is 1. The van der Waals surface area contributed by atoms with Crippen LogP contribution < -0.4 is 4.74 Å². The summed E-state index contributed by atoms with van der Waals surface area (Å²) in [6, 6.07) is 6.24. The Morgan fingerprint density at radius 2 is 2.00 bits per heavy atom. The molecule has 1 aromatic heterocycles. The molecule has 5 unspecified atom stereocenters. The van der Waals surface area contributed by atoms with E-state index in [1.54, 1.807) is 25.1 Å². The molecular formula is C17H20F2N2O5. The van der Waals surface area contributed by atoms with Crippen molar-refractivity contribution in [2.24, 2.45) is 0 Å². The Labute approximate surface area is 148 Å². The second-order valence-electron chi connectivity index (χ2n) is 6.17. The first kappa shape index (κ1) is 18.7. The number of aryl methyl sites for hydroxylation is 1. The number of H-pyrrole nitrogens is 1. The molecule has 3 rings (SSSR count). The van der Waals surface area contributed by atoms with E-state index in [0.29, 0.717) is 16.8 Å². The molecule has 0 spiro atoms. The number of aromatic nitrogens is 2. The van der Waals surface area contributed by atoms with E-state index in [2.05, 4.69) is 10.2 Å². The first-order valence-electron chi connectivity index (χ1n) is 8.12. The van der Waals surface area contributed by atoms with E-state index in [9.17, 15) is 19.0 Å². The summed E-state index contributed by atoms with van der Waals surface area (Å²) in [5, 5.41) is 35.6. The van der Waals surface area contributed by atoms with Crippen LogP contribution in [0.4, 0.5) is 8.78 Å². The van der Waals surface area contributed by atoms with Crippen molar-refractivity contribution in [2.45, 2.75) is 44.1 Å². The summed E-state index contributed by atoms with van der Waals surface area (Å²) < 4.78 is 38.4. The molecular weight excluding hydrogens is 350 g/mol. The van der Waals surface area contributed by atoms with Crippen LogP contribution in [0.25, 0.3) is 0 Å². The molecule has 5 atom stereocenters. The molecule has 2 heterocycles. The van der Waals surface area contributed by atoms with Crippen LogP contribution >= 0.6 is 0 Å². The van der Waals surface area contributed by atoms with Gasteiger partial charge in [0.05, 0.1) is 6.61 Å². The molecule has 0 aliphatic carbocycles. The number of nitrogens with one attached hydrogen (secondary N) is 1. The van der Waals surface area contributed by atoms with Crippen LogP contribution in [0.5, 0.6) is 5.88 Å². The minimum atomic E-state index is -1.95. The van der Waals surface area contributed by atoms with Crippen molar-refractivity contribution >= 4 is 0 Å². The van der Waals surface area contributed by atoms with E-state index in [1.807, 2.05) is 0 Å². The number of aliphatic hydroxyl groups excluding tert-OH is 3. The summed E-state index contributed by atoms with van der Waals surface area (Å²) in [4.78, 5) is 0. The van der Waals surface area contributed by atoms with Gasteiger partial charge in [-0.2, -0.15) is 0 Å². The Kier molecular flexibility index (Phi) is 5.52. The lowest BCUT2D eigenvalue weighted by molar-refractivity contribution is -0.265. The van der Waals surface area contributed by atoms with Crippen LogP contribution in [-0.4, -0.2) is 62.9 Å². The van der Waals surface area contributed by atoms with Gasteiger partial charge in [-0.05, 0) is 18.6 Å². The fourth-order valence-electron chi connectivity index (χ4n) is 2.82. The summed E-state index contributed by atoms with van der Waals surface area (Å²) >= 11 is 0. The molecule has 0 bridgehead atoms. The van der Waals surface area contributed by atoms with Crippen LogP contribution in [0.1, 0.15) is 16.8 Å². The van der Waals surface area contributed by atoms with Crippen molar-refractivity contribution in [3.8, 4) is 5.88 Å². The van der Waals surface area contributed by atoms with Crippen molar-refractivity contribution < 1.29 is 33.6 Å². The smallest absolute Gasteiger partial charge is 0.238 e. The summed E-state index contributed by atoms with van der Waals surface area (Å²) in [6.07, 6.45) is -8.00. The second kappa shape index (κ2) is 7.67. The largest absolute Gasteiger partial charge is 0.443 e. The van der Waals surface area contributed by atoms with E-state index >= 15 is 0 Å². The van der Waals surface area contributed by atoms with Gasteiger partial charge in [-0.25, -0.2) is 8.78 Å². The van der Waals surface area contributed by atoms with Gasteiger partial charge in [0.25, 0.3) is 0 Å². The Morgan fingerprint density at radius 3 is 2.69 bits per heavy atom. The molecule has 142 valence electrons. The van der Waals surface area contributed by atoms with Crippen LogP contribution in [-0.2, 0) is 11.2 Å². The number of aliphatic hydroxyl groups is 3. The SMILES string of the molecule is Cc1[nH]nc(OC2OC(CO)C(F)C(O)C2O)c1Cc1ccccc1F. The molecule has 1 aliphatic heterocycles. The minimum absolute atomic E-state index is 0.0380. The van der Waals surface area contributed by atoms with Gasteiger partial charge in [0.15, 0.2) is 6.17 Å². The van der Waals surface area contributed by atoms with E-state index in [4.69, 9.17) is 14.6 Å². The van der Waals surface area contributed by atoms with Crippen LogP contribution in [0.3, 0.4) is 0 Å². The van der Waals surface area contributed by atoms with Crippen molar-refractivity contribution in [3.63, 3.8) is 0 Å². The van der Waals surface area contributed by atoms with Gasteiger partial charge in [0.2, 0.25) is 12.2 Å². The number of aromatic amines is 1. The molecule has 1 aliphatic rings. The normalized spacial score (nSPS) is 28.9. The summed E-state index contributed by atoms with van der Waals surface area (Å²) in [5.74, 6) is -0.347. The second-order valence-corrected chi connectivity index (χ2v) is 6.17. The quantitative estimate of drug-likeness (QED) is 0.614. The third-order valence-corrected chi connectivity index (χ3v) is 4.39. The summed E-state index contributed by atoms with van der Waals surface area (Å²) in [6.45, 7) is 1.03. The van der Waals surface area contributed by atoms with Crippen LogP contribution in [0.15, 0.2) is 24.3 Å². The molecule has 4 N–H and O–H groups in total. The topological polar surface area (TPSA) is 108 Å². The average molecular weight is 370 g/mol. The number of benzene rings is 1. The standard InChI is InChI=1S/C17H20F2N2O5/c1-8-10(6-9-4-2-3-5-11(9)18)16(21-20-8)26-17-15(24)14(23)13(19)12(7-22)25-17/h2-5,12-15,17,22-24H,6-7H2,1H3,(H,20,21). The fraction of sp³-hybridized carbons (Fsp3) is 0.471. The molecule has 9 heteroatoms. The zero-order valence-electron chi connectivity index (χ0n) is 14.0. The zero-order valence-corrected chi connectivity index (χ0v) is 14.0. The van der Waals surface area contributed by atoms with E-state index < -0.39 is 37.4 Å². The molecule has 7 nitrogen and oxygen atoms in total. The Bertz CT molecular complexity index is 755. The third kappa shape index (κ3) is 3.56. The average Bonchev–Trinajstić information content (AvgIpc) is 2.97. The van der Waals surface area contributed by atoms with Gasteiger partial charge >= 0.3 is 0 Å². The number of hydrogen-bond acceptors (Lipinski definition) is 6. The van der Waals surface area contributed by atoms with E-state index in [0.717, 1.165) is 0 Å². The third-order valence-electron chi connectivity index (χ3n) is 4.39. The highest BCUT2D eigenvalue weighted by Gasteiger charge is 2.46. The molecule has 1 aromatic carbocycles. The lowest BCUT2D eigenvalue weighted by Crippen LogP contribution is -2.58. The van der Waals surface area contributed by atoms with Crippen molar-refractivity contribution in [2.75, 3.05) is 6.61 Å². The monoisotopic (exact) mass is 370 g/mol. The number of nitrogens with zero attached hydrogens (tertiary/aromatic N) is 1. The molecule has 0 radical (unpaired) electrons. The Morgan fingerprint density at radius 1 is 1.27 bits per heavy atom. The van der Waals surface area contributed by atoms with Gasteiger partial charge in [-0.1, -0.05) is 18.2 Å². The van der Waals surface area contributed by atoms with Gasteiger partial charge in [0, 0.05) is 17.7 Å². The van der Waals surface area contributed by atoms with Gasteiger partial charge < -0.3 is 24.8 Å². The van der Waals surface area contributed by atoms with Crippen molar-refractivity contribution in [1.82, 2.24) is 10.2 Å². The fourth-order valence-corrected chi connectivity index (χ4v) is 2.82. The summed E-state index contributed by atoms with van der Waals surface area (Å²) in [7, 11) is 0. The lowest BCUT2D eigenvalue weighted by atomic mass is 10.0. The molecule has 1 saturated heterocycles. The maximum Gasteiger partial charge on any atom is 0.238 e. The molecule has 0 saturated carbocycles. The van der Waals surface area contributed by atoms with Gasteiger partial charge in [-0.3, -0.25) is 5.10 Å². The molecule has 0 amide bonds. The first-order valence-corrected chi connectivity index (χ1v) is 8.12. The van der Waals surface area contributed by atoms with Gasteiger partial charge in [-0.15, -0.1) is 5.10 Å². The highest BCUT2D eigenvalue weighted by atomic mass is 19.1. The van der Waals surface area contributed by atoms with E-state index in [-0.39, 0.29) is 18.1 Å². The Hall–Kier alpha value is -2.07.